The van der Waals surface area contributed by atoms with Crippen molar-refractivity contribution >= 4 is 33.0 Å². The van der Waals surface area contributed by atoms with Gasteiger partial charge in [-0.2, -0.15) is 4.31 Å². The summed E-state index contributed by atoms with van der Waals surface area (Å²) in [7, 11) is -3.40. The minimum absolute atomic E-state index is 0.00274. The molecule has 0 bridgehead atoms. The number of ether oxygens (including phenoxy) is 1. The third kappa shape index (κ3) is 3.68. The van der Waals surface area contributed by atoms with E-state index in [1.54, 1.807) is 11.3 Å². The molecule has 0 radical (unpaired) electrons. The number of hydrogen-bond acceptors (Lipinski definition) is 4. The summed E-state index contributed by atoms with van der Waals surface area (Å²) in [6, 6.07) is 3.84. The first kappa shape index (κ1) is 14.3. The van der Waals surface area contributed by atoms with Gasteiger partial charge in [-0.25, -0.2) is 8.42 Å². The topological polar surface area (TPSA) is 46.6 Å². The number of sulfonamides is 1. The van der Waals surface area contributed by atoms with Crippen molar-refractivity contribution in [2.75, 3.05) is 18.4 Å². The van der Waals surface area contributed by atoms with E-state index in [0.29, 0.717) is 13.1 Å². The lowest BCUT2D eigenvalue weighted by Gasteiger charge is -2.23. The number of hydrogen-bond donors (Lipinski definition) is 0. The van der Waals surface area contributed by atoms with Crippen molar-refractivity contribution in [3.63, 3.8) is 0 Å². The average Bonchev–Trinajstić information content (AvgIpc) is 3.01. The number of rotatable bonds is 6. The van der Waals surface area contributed by atoms with Gasteiger partial charge in [0.1, 0.15) is 5.21 Å². The van der Waals surface area contributed by atoms with E-state index in [-0.39, 0.29) is 11.3 Å². The molecule has 2 rings (SSSR count). The average molecular weight is 310 g/mol. The molecule has 0 N–H and O–H groups in total. The normalized spacial score (nSPS) is 20.7. The molecule has 0 aromatic carbocycles. The monoisotopic (exact) mass is 309 g/mol. The van der Waals surface area contributed by atoms with Crippen molar-refractivity contribution in [3.8, 4) is 0 Å². The van der Waals surface area contributed by atoms with Crippen LogP contribution in [0, 0.1) is 0 Å². The van der Waals surface area contributed by atoms with Crippen molar-refractivity contribution in [1.29, 1.82) is 0 Å². The molecule has 1 aromatic heterocycles. The van der Waals surface area contributed by atoms with Gasteiger partial charge in [0.2, 0.25) is 10.0 Å². The summed E-state index contributed by atoms with van der Waals surface area (Å²) in [6.45, 7) is 1.50. The fourth-order valence-corrected chi connectivity index (χ4v) is 4.02. The Labute approximate surface area is 117 Å². The van der Waals surface area contributed by atoms with Gasteiger partial charge in [-0.3, -0.25) is 0 Å². The van der Waals surface area contributed by atoms with Gasteiger partial charge in [0, 0.05) is 24.6 Å². The first-order chi connectivity index (χ1) is 8.62. The second kappa shape index (κ2) is 6.34. The quantitative estimate of drug-likeness (QED) is 0.757. The molecule has 102 valence electrons. The van der Waals surface area contributed by atoms with Crippen LogP contribution in [-0.2, 0) is 21.3 Å². The van der Waals surface area contributed by atoms with E-state index in [4.69, 9.17) is 16.3 Å². The Bertz CT molecular complexity index is 455. The Morgan fingerprint density at radius 1 is 1.56 bits per heavy atom. The van der Waals surface area contributed by atoms with Gasteiger partial charge < -0.3 is 4.74 Å². The molecule has 4 nitrogen and oxygen atoms in total. The number of nitrogens with zero attached hydrogens (tertiary/aromatic N) is 1. The predicted octanol–water partition coefficient (Wildman–Crippen LogP) is 2.26. The second-order valence-corrected chi connectivity index (χ2v) is 7.81. The fraction of sp³-hybridized carbons (Fsp3) is 0.636. The van der Waals surface area contributed by atoms with Gasteiger partial charge in [-0.05, 0) is 24.3 Å². The molecule has 1 saturated heterocycles. The molecule has 1 unspecified atom stereocenters. The van der Waals surface area contributed by atoms with Crippen LogP contribution in [0.3, 0.4) is 0 Å². The van der Waals surface area contributed by atoms with Gasteiger partial charge in [-0.1, -0.05) is 6.07 Å². The maximum Gasteiger partial charge on any atom is 0.228 e. The third-order valence-electron chi connectivity index (χ3n) is 2.87. The molecule has 1 fully saturated rings. The first-order valence-corrected chi connectivity index (χ1v) is 8.82. The Morgan fingerprint density at radius 2 is 2.39 bits per heavy atom. The molecular formula is C11H16ClNO3S2. The van der Waals surface area contributed by atoms with E-state index in [1.807, 2.05) is 17.5 Å². The highest BCUT2D eigenvalue weighted by Crippen LogP contribution is 2.20. The van der Waals surface area contributed by atoms with Crippen molar-refractivity contribution in [2.24, 2.45) is 0 Å². The summed E-state index contributed by atoms with van der Waals surface area (Å²) in [5, 5.41) is 1.55. The standard InChI is InChI=1S/C11H16ClNO3S2/c12-9-18(14,15)13(7-10-3-1-5-16-10)8-11-4-2-6-17-11/h2,4,6,10H,1,3,5,7-9H2. The smallest absolute Gasteiger partial charge is 0.228 e. The lowest BCUT2D eigenvalue weighted by molar-refractivity contribution is 0.0929. The maximum absolute atomic E-state index is 12.0. The minimum Gasteiger partial charge on any atom is -0.377 e. The van der Waals surface area contributed by atoms with Gasteiger partial charge >= 0.3 is 0 Å². The van der Waals surface area contributed by atoms with E-state index < -0.39 is 10.0 Å². The molecule has 1 aromatic rings. The molecule has 2 heterocycles. The first-order valence-electron chi connectivity index (χ1n) is 5.79. The van der Waals surface area contributed by atoms with E-state index in [9.17, 15) is 8.42 Å². The van der Waals surface area contributed by atoms with Crippen LogP contribution in [0.4, 0.5) is 0 Å². The SMILES string of the molecule is O=S(=O)(CCl)N(Cc1cccs1)CC1CCCO1. The van der Waals surface area contributed by atoms with Crippen molar-refractivity contribution in [2.45, 2.75) is 25.5 Å². The second-order valence-electron chi connectivity index (χ2n) is 4.23. The molecule has 18 heavy (non-hydrogen) atoms. The molecule has 0 spiro atoms. The Hall–Kier alpha value is -0.140. The summed E-state index contributed by atoms with van der Waals surface area (Å²) in [4.78, 5) is 1.02. The number of alkyl halides is 1. The van der Waals surface area contributed by atoms with Crippen LogP contribution in [-0.4, -0.2) is 37.2 Å². The molecule has 1 aliphatic heterocycles. The van der Waals surface area contributed by atoms with Crippen LogP contribution < -0.4 is 0 Å². The summed E-state index contributed by atoms with van der Waals surface area (Å²) in [6.07, 6.45) is 1.92. The van der Waals surface area contributed by atoms with Crippen LogP contribution in [0.1, 0.15) is 17.7 Å². The van der Waals surface area contributed by atoms with Crippen molar-refractivity contribution < 1.29 is 13.2 Å². The van der Waals surface area contributed by atoms with Gasteiger partial charge in [0.05, 0.1) is 6.10 Å². The highest BCUT2D eigenvalue weighted by molar-refractivity contribution is 7.90. The lowest BCUT2D eigenvalue weighted by Crippen LogP contribution is -2.37. The molecule has 1 atom stereocenters. The number of halogens is 1. The summed E-state index contributed by atoms with van der Waals surface area (Å²) < 4.78 is 30.8. The summed E-state index contributed by atoms with van der Waals surface area (Å²) in [5.41, 5.74) is 0. The van der Waals surface area contributed by atoms with Crippen LogP contribution in [0.5, 0.6) is 0 Å². The van der Waals surface area contributed by atoms with E-state index in [0.717, 1.165) is 24.3 Å². The zero-order chi connectivity index (χ0) is 13.0. The Kier molecular flexibility index (Phi) is 5.03. The fourth-order valence-electron chi connectivity index (χ4n) is 1.94. The number of thiophene rings is 1. The maximum atomic E-state index is 12.0. The Morgan fingerprint density at radius 3 is 2.94 bits per heavy atom. The molecule has 7 heteroatoms. The van der Waals surface area contributed by atoms with Crippen molar-refractivity contribution in [1.82, 2.24) is 4.31 Å². The summed E-state index contributed by atoms with van der Waals surface area (Å²) in [5.74, 6) is 0. The van der Waals surface area contributed by atoms with Crippen molar-refractivity contribution in [3.05, 3.63) is 22.4 Å². The molecule has 0 amide bonds. The van der Waals surface area contributed by atoms with E-state index in [1.165, 1.54) is 4.31 Å². The molecule has 0 saturated carbocycles. The van der Waals surface area contributed by atoms with E-state index >= 15 is 0 Å². The largest absolute Gasteiger partial charge is 0.377 e. The van der Waals surface area contributed by atoms with Crippen LogP contribution in [0.2, 0.25) is 0 Å². The van der Waals surface area contributed by atoms with Crippen LogP contribution in [0.25, 0.3) is 0 Å². The zero-order valence-corrected chi connectivity index (χ0v) is 12.3. The predicted molar refractivity (Wildman–Crippen MR) is 73.3 cm³/mol. The highest BCUT2D eigenvalue weighted by atomic mass is 35.5. The molecular weight excluding hydrogens is 294 g/mol. The third-order valence-corrected chi connectivity index (χ3v) is 5.90. The van der Waals surface area contributed by atoms with Crippen LogP contribution in [0.15, 0.2) is 17.5 Å². The highest BCUT2D eigenvalue weighted by Gasteiger charge is 2.27. The van der Waals surface area contributed by atoms with Gasteiger partial charge in [-0.15, -0.1) is 22.9 Å². The van der Waals surface area contributed by atoms with Gasteiger partial charge in [0.25, 0.3) is 0 Å². The molecule has 0 aliphatic carbocycles. The lowest BCUT2D eigenvalue weighted by atomic mass is 10.2. The van der Waals surface area contributed by atoms with E-state index in [2.05, 4.69) is 0 Å². The Balaban J connectivity index is 2.07. The van der Waals surface area contributed by atoms with Gasteiger partial charge in [0.15, 0.2) is 0 Å². The zero-order valence-electron chi connectivity index (χ0n) is 9.92. The van der Waals surface area contributed by atoms with Crippen LogP contribution >= 0.6 is 22.9 Å². The summed E-state index contributed by atoms with van der Waals surface area (Å²) >= 11 is 7.09. The minimum atomic E-state index is -3.40. The molecule has 1 aliphatic rings.